The topological polar surface area (TPSA) is 102 Å². The van der Waals surface area contributed by atoms with Crippen molar-refractivity contribution in [2.75, 3.05) is 29.9 Å². The molecule has 46 heavy (non-hydrogen) atoms. The predicted molar refractivity (Wildman–Crippen MR) is 187 cm³/mol. The Hall–Kier alpha value is -3.34. The van der Waals surface area contributed by atoms with Crippen LogP contribution in [0.2, 0.25) is 0 Å². The molecule has 0 aliphatic carbocycles. The zero-order chi connectivity index (χ0) is 32.4. The van der Waals surface area contributed by atoms with Crippen molar-refractivity contribution in [1.29, 1.82) is 0 Å². The number of nitrogens with zero attached hydrogens (tertiary/aromatic N) is 2. The maximum absolute atomic E-state index is 14.6. The van der Waals surface area contributed by atoms with E-state index in [-0.39, 0.29) is 34.4 Å². The van der Waals surface area contributed by atoms with Gasteiger partial charge in [-0.3, -0.25) is 14.4 Å². The molecule has 3 fully saturated rings. The highest BCUT2D eigenvalue weighted by molar-refractivity contribution is 9.09. The zero-order valence-corrected chi connectivity index (χ0v) is 28.5. The molecule has 10 heteroatoms. The quantitative estimate of drug-likeness (QED) is 0.233. The fraction of sp³-hybridized carbons (Fsp3) is 0.417. The number of rotatable bonds is 12. The summed E-state index contributed by atoms with van der Waals surface area (Å²) >= 11 is 5.44. The van der Waals surface area contributed by atoms with Crippen LogP contribution in [0.3, 0.4) is 0 Å². The molecule has 3 heterocycles. The number of likely N-dealkylation sites (tertiary alicyclic amines) is 1. The number of benzene rings is 3. The number of amides is 3. The molecule has 3 aliphatic rings. The van der Waals surface area contributed by atoms with E-state index in [1.165, 1.54) is 0 Å². The van der Waals surface area contributed by atoms with Gasteiger partial charge in [-0.1, -0.05) is 76.6 Å². The lowest BCUT2D eigenvalue weighted by atomic mass is 9.70. The molecule has 2 bridgehead atoms. The molecule has 0 radical (unpaired) electrons. The lowest BCUT2D eigenvalue weighted by Crippen LogP contribution is -2.55. The monoisotopic (exact) mass is 704 g/mol. The number of halogens is 1. The molecule has 8 nitrogen and oxygen atoms in total. The van der Waals surface area contributed by atoms with Gasteiger partial charge in [0.15, 0.2) is 0 Å². The number of carbonyl (C=O) groups excluding carboxylic acids is 3. The molecule has 3 saturated heterocycles. The molecule has 0 saturated carbocycles. The van der Waals surface area contributed by atoms with Gasteiger partial charge >= 0.3 is 0 Å². The number of fused-ring (bicyclic) bond motifs is 1. The van der Waals surface area contributed by atoms with Gasteiger partial charge in [-0.25, -0.2) is 0 Å². The van der Waals surface area contributed by atoms with Crippen molar-refractivity contribution < 1.29 is 19.5 Å². The van der Waals surface area contributed by atoms with E-state index < -0.39 is 28.7 Å². The second-order valence-corrected chi connectivity index (χ2v) is 15.1. The van der Waals surface area contributed by atoms with E-state index in [4.69, 9.17) is 0 Å². The molecule has 3 amide bonds. The molecule has 242 valence electrons. The van der Waals surface area contributed by atoms with Crippen molar-refractivity contribution in [3.63, 3.8) is 0 Å². The second-order valence-electron chi connectivity index (χ2n) is 12.3. The average molecular weight is 706 g/mol. The third kappa shape index (κ3) is 5.95. The largest absolute Gasteiger partial charge is 0.394 e. The van der Waals surface area contributed by atoms with Crippen LogP contribution in [0.25, 0.3) is 0 Å². The van der Waals surface area contributed by atoms with Crippen molar-refractivity contribution in [1.82, 2.24) is 10.2 Å². The Morgan fingerprint density at radius 1 is 0.978 bits per heavy atom. The molecular weight excluding hydrogens is 664 g/mol. The molecule has 7 atom stereocenters. The highest BCUT2D eigenvalue weighted by Gasteiger charge is 2.76. The van der Waals surface area contributed by atoms with Crippen LogP contribution in [-0.4, -0.2) is 74.3 Å². The molecule has 0 aromatic heterocycles. The van der Waals surface area contributed by atoms with Crippen molar-refractivity contribution in [2.24, 2.45) is 11.8 Å². The fourth-order valence-electron chi connectivity index (χ4n) is 7.65. The van der Waals surface area contributed by atoms with E-state index in [1.54, 1.807) is 16.7 Å². The third-order valence-electron chi connectivity index (χ3n) is 9.77. The van der Waals surface area contributed by atoms with Crippen LogP contribution < -0.4 is 15.5 Å². The first-order valence-corrected chi connectivity index (χ1v) is 17.9. The summed E-state index contributed by atoms with van der Waals surface area (Å²) in [7, 11) is 0. The minimum Gasteiger partial charge on any atom is -0.394 e. The smallest absolute Gasteiger partial charge is 0.248 e. The summed E-state index contributed by atoms with van der Waals surface area (Å²) < 4.78 is -0.819. The van der Waals surface area contributed by atoms with Crippen LogP contribution in [0.15, 0.2) is 84.9 Å². The van der Waals surface area contributed by atoms with Gasteiger partial charge in [0, 0.05) is 41.1 Å². The van der Waals surface area contributed by atoms with E-state index in [0.29, 0.717) is 25.1 Å². The number of hydrogen-bond donors (Lipinski definition) is 3. The first-order valence-electron chi connectivity index (χ1n) is 16.1. The average Bonchev–Trinajstić information content (AvgIpc) is 3.68. The number of alkyl halides is 1. The van der Waals surface area contributed by atoms with Gasteiger partial charge in [-0.15, -0.1) is 11.8 Å². The summed E-state index contributed by atoms with van der Waals surface area (Å²) in [5, 5.41) is 16.8. The predicted octanol–water partition coefficient (Wildman–Crippen LogP) is 4.86. The van der Waals surface area contributed by atoms with Crippen LogP contribution >= 0.6 is 27.7 Å². The van der Waals surface area contributed by atoms with Crippen LogP contribution in [0, 0.1) is 11.8 Å². The number of thioether (sulfide) groups is 1. The van der Waals surface area contributed by atoms with E-state index >= 15 is 0 Å². The first kappa shape index (κ1) is 32.6. The van der Waals surface area contributed by atoms with Gasteiger partial charge in [0.05, 0.1) is 29.2 Å². The van der Waals surface area contributed by atoms with Crippen molar-refractivity contribution in [3.05, 3.63) is 96.1 Å². The first-order chi connectivity index (χ1) is 22.3. The Balaban J connectivity index is 1.33. The number of aliphatic hydroxyl groups excluding tert-OH is 1. The van der Waals surface area contributed by atoms with Crippen LogP contribution in [-0.2, 0) is 27.3 Å². The van der Waals surface area contributed by atoms with E-state index in [2.05, 4.69) is 45.3 Å². The van der Waals surface area contributed by atoms with Gasteiger partial charge < -0.3 is 25.5 Å². The van der Waals surface area contributed by atoms with Crippen molar-refractivity contribution >= 4 is 56.8 Å². The number of anilines is 2. The molecule has 3 aliphatic heterocycles. The Morgan fingerprint density at radius 3 is 2.22 bits per heavy atom. The summed E-state index contributed by atoms with van der Waals surface area (Å²) in [6, 6.07) is 25.7. The van der Waals surface area contributed by atoms with Gasteiger partial charge in [-0.2, -0.15) is 0 Å². The number of hydrogen-bond acceptors (Lipinski definition) is 6. The lowest BCUT2D eigenvalue weighted by molar-refractivity contribution is -0.142. The molecule has 3 aromatic carbocycles. The molecule has 3 unspecified atom stereocenters. The highest BCUT2D eigenvalue weighted by atomic mass is 79.9. The minimum atomic E-state index is -0.865. The van der Waals surface area contributed by atoms with Gasteiger partial charge in [0.25, 0.3) is 0 Å². The maximum Gasteiger partial charge on any atom is 0.248 e. The maximum atomic E-state index is 14.6. The summed E-state index contributed by atoms with van der Waals surface area (Å²) in [6.07, 6.45) is 0.963. The fourth-order valence-corrected chi connectivity index (χ4v) is 11.3. The van der Waals surface area contributed by atoms with E-state index in [9.17, 15) is 19.5 Å². The van der Waals surface area contributed by atoms with E-state index in [1.807, 2.05) is 84.9 Å². The Kier molecular flexibility index (Phi) is 9.77. The molecular formula is C36H41BrN4O4S. The van der Waals surface area contributed by atoms with Crippen LogP contribution in [0.4, 0.5) is 11.4 Å². The van der Waals surface area contributed by atoms with Gasteiger partial charge in [0.2, 0.25) is 17.7 Å². The number of nitrogens with one attached hydrogen (secondary N) is 2. The summed E-state index contributed by atoms with van der Waals surface area (Å²) in [4.78, 5) is 46.8. The zero-order valence-electron chi connectivity index (χ0n) is 26.1. The third-order valence-corrected chi connectivity index (χ3v) is 13.0. The number of aliphatic hydroxyl groups is 1. The van der Waals surface area contributed by atoms with Gasteiger partial charge in [0.1, 0.15) is 6.04 Å². The van der Waals surface area contributed by atoms with Crippen LogP contribution in [0.5, 0.6) is 0 Å². The highest BCUT2D eigenvalue weighted by Crippen LogP contribution is 2.68. The Labute approximate surface area is 283 Å². The SMILES string of the molecule is CCN(CC)c1ccc(NC(=O)C2N([C@@H](CO)Cc3ccccc3)C(=O)[C@@H]3[C@@H](C(=O)NCc4ccccc4)[C@@H]4SC23CC4Br)cc1. The standard InChI is InChI=1S/C36H41BrN4O4S/c1-3-40(4-2)26-17-15-25(16-18-26)39-34(44)32-36-20-28(37)31(46-36)29(33(43)38-21-24-13-9-6-10-14-24)30(36)35(45)41(32)27(22-42)19-23-11-7-5-8-12-23/h5-18,27-32,42H,3-4,19-22H2,1-2H3,(H,38,43)(H,39,44)/t27-,28?,29-,30+,31-,32?,36?/m1/s1. The van der Waals surface area contributed by atoms with Gasteiger partial charge in [-0.05, 0) is 62.1 Å². The molecule has 1 spiro atoms. The summed E-state index contributed by atoms with van der Waals surface area (Å²) in [5.74, 6) is -2.00. The Bertz CT molecular complexity index is 1540. The van der Waals surface area contributed by atoms with Crippen LogP contribution in [0.1, 0.15) is 31.4 Å². The van der Waals surface area contributed by atoms with Crippen molar-refractivity contribution in [3.8, 4) is 0 Å². The summed E-state index contributed by atoms with van der Waals surface area (Å²) in [5.41, 5.74) is 3.65. The normalized spacial score (nSPS) is 26.9. The molecule has 3 aromatic rings. The van der Waals surface area contributed by atoms with Crippen molar-refractivity contribution in [2.45, 2.75) is 60.1 Å². The minimum absolute atomic E-state index is 0.0423. The lowest BCUT2D eigenvalue weighted by Gasteiger charge is -2.37. The second kappa shape index (κ2) is 13.8. The molecule has 6 rings (SSSR count). The molecule has 3 N–H and O–H groups in total. The Morgan fingerprint density at radius 2 is 1.61 bits per heavy atom. The van der Waals surface area contributed by atoms with E-state index in [0.717, 1.165) is 29.9 Å². The summed E-state index contributed by atoms with van der Waals surface area (Å²) in [6.45, 7) is 6.02. The number of carbonyl (C=O) groups is 3.